The predicted molar refractivity (Wildman–Crippen MR) is 205 cm³/mol. The van der Waals surface area contributed by atoms with E-state index >= 15 is 0 Å². The van der Waals surface area contributed by atoms with E-state index in [1.165, 1.54) is 95.3 Å². The van der Waals surface area contributed by atoms with Crippen molar-refractivity contribution in [3.63, 3.8) is 0 Å². The molecule has 10 aromatic rings. The van der Waals surface area contributed by atoms with E-state index in [0.717, 1.165) is 0 Å². The Labute approximate surface area is 274 Å². The summed E-state index contributed by atoms with van der Waals surface area (Å²) in [6.45, 7) is 4.60. The average Bonchev–Trinajstić information content (AvgIpc) is 3.65. The van der Waals surface area contributed by atoms with Crippen LogP contribution in [0.15, 0.2) is 133 Å². The third kappa shape index (κ3) is 3.73. The van der Waals surface area contributed by atoms with Gasteiger partial charge >= 0.3 is 0 Å². The van der Waals surface area contributed by atoms with Crippen molar-refractivity contribution in [2.75, 3.05) is 4.90 Å². The second-order valence-electron chi connectivity index (χ2n) is 12.7. The number of rotatable bonds is 4. The fourth-order valence-corrected chi connectivity index (χ4v) is 9.81. The van der Waals surface area contributed by atoms with Crippen LogP contribution in [0.25, 0.3) is 72.7 Å². The Balaban J connectivity index is 1.30. The van der Waals surface area contributed by atoms with E-state index in [9.17, 15) is 0 Å². The van der Waals surface area contributed by atoms with Crippen LogP contribution in [0.3, 0.4) is 0 Å². The highest BCUT2D eigenvalue weighted by atomic mass is 32.1. The number of hydrogen-bond donors (Lipinski definition) is 0. The van der Waals surface area contributed by atoms with Crippen LogP contribution in [0.2, 0.25) is 0 Å². The highest BCUT2D eigenvalue weighted by Gasteiger charge is 2.21. The Morgan fingerprint density at radius 1 is 0.435 bits per heavy atom. The fourth-order valence-electron chi connectivity index (χ4n) is 7.64. The fraction of sp³-hybridized carbons (Fsp3) is 0.0698. The molecule has 8 aromatic carbocycles. The molecule has 0 saturated carbocycles. The molecule has 218 valence electrons. The molecule has 0 aliphatic heterocycles. The van der Waals surface area contributed by atoms with Crippen LogP contribution < -0.4 is 4.90 Å². The van der Waals surface area contributed by atoms with Gasteiger partial charge in [-0.15, -0.1) is 22.7 Å². The van der Waals surface area contributed by atoms with Crippen molar-refractivity contribution >= 4 is 112 Å². The lowest BCUT2D eigenvalue weighted by Crippen LogP contribution is -2.10. The SMILES string of the molecule is CC(C)c1ccc2ccc3c(N(c4ccc5sc6ccccc6c5c4)c4ccc5sc6ccccc6c5c4)ccc4ccc1c2c43. The van der Waals surface area contributed by atoms with Gasteiger partial charge in [-0.05, 0) is 93.0 Å². The zero-order valence-corrected chi connectivity index (χ0v) is 27.2. The molecule has 0 aliphatic carbocycles. The van der Waals surface area contributed by atoms with E-state index in [4.69, 9.17) is 0 Å². The van der Waals surface area contributed by atoms with Crippen LogP contribution in [0, 0.1) is 0 Å². The Morgan fingerprint density at radius 3 is 1.54 bits per heavy atom. The summed E-state index contributed by atoms with van der Waals surface area (Å²) in [7, 11) is 0. The minimum absolute atomic E-state index is 0.458. The monoisotopic (exact) mass is 623 g/mol. The average molecular weight is 624 g/mol. The van der Waals surface area contributed by atoms with Crippen molar-refractivity contribution in [3.05, 3.63) is 139 Å². The summed E-state index contributed by atoms with van der Waals surface area (Å²) in [4.78, 5) is 2.49. The maximum absolute atomic E-state index is 2.49. The summed E-state index contributed by atoms with van der Waals surface area (Å²) in [5.74, 6) is 0.458. The molecule has 0 amide bonds. The molecule has 0 saturated heterocycles. The van der Waals surface area contributed by atoms with Gasteiger partial charge in [-0.2, -0.15) is 0 Å². The maximum atomic E-state index is 2.49. The van der Waals surface area contributed by atoms with Gasteiger partial charge < -0.3 is 4.90 Å². The normalized spacial score (nSPS) is 12.3. The molecule has 10 rings (SSSR count). The molecule has 0 fully saturated rings. The Kier molecular flexibility index (Phi) is 5.58. The molecule has 46 heavy (non-hydrogen) atoms. The lowest BCUT2D eigenvalue weighted by atomic mass is 9.88. The van der Waals surface area contributed by atoms with Crippen LogP contribution in [0.4, 0.5) is 17.1 Å². The van der Waals surface area contributed by atoms with Crippen molar-refractivity contribution in [2.45, 2.75) is 19.8 Å². The van der Waals surface area contributed by atoms with E-state index in [0.29, 0.717) is 5.92 Å². The predicted octanol–water partition coefficient (Wildman–Crippen LogP) is 13.9. The molecule has 2 aromatic heterocycles. The van der Waals surface area contributed by atoms with E-state index < -0.39 is 0 Å². The summed E-state index contributed by atoms with van der Waals surface area (Å²) in [5, 5.41) is 13.2. The number of fused-ring (bicyclic) bond motifs is 6. The standard InChI is InChI=1S/C43H29NS2/c1-25(2)30-17-11-26-13-19-34-37(20-14-27-12-18-33(30)42(26)43(27)34)44(28-15-21-40-35(23-28)31-7-3-5-9-38(31)45-40)29-16-22-41-36(24-29)32-8-4-6-10-39(32)46-41/h3-25H,1-2H3. The maximum Gasteiger partial charge on any atom is 0.0540 e. The van der Waals surface area contributed by atoms with Gasteiger partial charge in [-0.3, -0.25) is 0 Å². The van der Waals surface area contributed by atoms with Gasteiger partial charge in [-0.1, -0.05) is 92.7 Å². The molecule has 0 bridgehead atoms. The molecule has 0 radical (unpaired) electrons. The highest BCUT2D eigenvalue weighted by molar-refractivity contribution is 7.26. The first kappa shape index (κ1) is 26.3. The van der Waals surface area contributed by atoms with E-state index in [1.807, 2.05) is 22.7 Å². The third-order valence-electron chi connectivity index (χ3n) is 9.78. The van der Waals surface area contributed by atoms with Crippen molar-refractivity contribution in [2.24, 2.45) is 0 Å². The van der Waals surface area contributed by atoms with Crippen molar-refractivity contribution < 1.29 is 0 Å². The Morgan fingerprint density at radius 2 is 0.935 bits per heavy atom. The first-order chi connectivity index (χ1) is 22.6. The first-order valence-corrected chi connectivity index (χ1v) is 17.6. The van der Waals surface area contributed by atoms with Crippen molar-refractivity contribution in [1.29, 1.82) is 0 Å². The van der Waals surface area contributed by atoms with Crippen LogP contribution in [0.1, 0.15) is 25.3 Å². The smallest absolute Gasteiger partial charge is 0.0540 e. The summed E-state index contributed by atoms with van der Waals surface area (Å²) in [5.41, 5.74) is 4.96. The van der Waals surface area contributed by atoms with Gasteiger partial charge in [0.15, 0.2) is 0 Å². The number of thiophene rings is 2. The van der Waals surface area contributed by atoms with Crippen LogP contribution in [0.5, 0.6) is 0 Å². The topological polar surface area (TPSA) is 3.24 Å². The van der Waals surface area contributed by atoms with Crippen molar-refractivity contribution in [1.82, 2.24) is 0 Å². The minimum Gasteiger partial charge on any atom is -0.310 e. The second-order valence-corrected chi connectivity index (χ2v) is 14.9. The van der Waals surface area contributed by atoms with Gasteiger partial charge in [-0.25, -0.2) is 0 Å². The first-order valence-electron chi connectivity index (χ1n) is 16.0. The van der Waals surface area contributed by atoms with Crippen LogP contribution in [-0.4, -0.2) is 0 Å². The molecule has 2 heterocycles. The summed E-state index contributed by atoms with van der Waals surface area (Å²) < 4.78 is 5.30. The number of benzene rings is 8. The zero-order valence-electron chi connectivity index (χ0n) is 25.5. The van der Waals surface area contributed by atoms with Gasteiger partial charge in [0.2, 0.25) is 0 Å². The largest absolute Gasteiger partial charge is 0.310 e. The number of anilines is 3. The molecule has 0 N–H and O–H groups in total. The molecular formula is C43H29NS2. The van der Waals surface area contributed by atoms with E-state index in [-0.39, 0.29) is 0 Å². The molecule has 3 heteroatoms. The quantitative estimate of drug-likeness (QED) is 0.176. The molecule has 0 aliphatic rings. The zero-order chi connectivity index (χ0) is 30.5. The number of hydrogen-bond acceptors (Lipinski definition) is 3. The van der Waals surface area contributed by atoms with Gasteiger partial charge in [0.25, 0.3) is 0 Å². The lowest BCUT2D eigenvalue weighted by molar-refractivity contribution is 0.877. The molecule has 1 nitrogen and oxygen atoms in total. The van der Waals surface area contributed by atoms with E-state index in [2.05, 4.69) is 152 Å². The third-order valence-corrected chi connectivity index (χ3v) is 12.1. The number of nitrogens with zero attached hydrogens (tertiary/aromatic N) is 1. The Hall–Kier alpha value is -4.96. The van der Waals surface area contributed by atoms with E-state index in [1.54, 1.807) is 0 Å². The summed E-state index contributed by atoms with van der Waals surface area (Å²) in [6, 6.07) is 50.2. The van der Waals surface area contributed by atoms with Gasteiger partial charge in [0.05, 0.1) is 5.69 Å². The van der Waals surface area contributed by atoms with Crippen LogP contribution >= 0.6 is 22.7 Å². The van der Waals surface area contributed by atoms with Crippen LogP contribution in [-0.2, 0) is 0 Å². The minimum atomic E-state index is 0.458. The summed E-state index contributed by atoms with van der Waals surface area (Å²) in [6.07, 6.45) is 0. The highest BCUT2D eigenvalue weighted by Crippen LogP contribution is 2.47. The molecule has 0 unspecified atom stereocenters. The Bertz CT molecular complexity index is 2680. The second kappa shape index (κ2) is 9.77. The molecule has 0 atom stereocenters. The van der Waals surface area contributed by atoms with Gasteiger partial charge in [0, 0.05) is 57.1 Å². The lowest BCUT2D eigenvalue weighted by Gasteiger charge is -2.28. The molecule has 0 spiro atoms. The molecular weight excluding hydrogens is 595 g/mol. The van der Waals surface area contributed by atoms with Crippen molar-refractivity contribution in [3.8, 4) is 0 Å². The summed E-state index contributed by atoms with van der Waals surface area (Å²) >= 11 is 3.74. The van der Waals surface area contributed by atoms with Gasteiger partial charge in [0.1, 0.15) is 0 Å².